The van der Waals surface area contributed by atoms with Crippen LogP contribution >= 0.6 is 0 Å². The maximum absolute atomic E-state index is 4.29. The second-order valence-corrected chi connectivity index (χ2v) is 5.78. The standard InChI is InChI=1S/C18H23N5/c1-2-4-15(5-3-1)8-11-20-17-12-18(23-14-22-17)21-13-16-6-9-19-10-7-16/h4,6-7,9-10,12,14H,1-3,5,8,11,13H2,(H2,20,21,22,23). The summed E-state index contributed by atoms with van der Waals surface area (Å²) in [6.45, 7) is 1.65. The Balaban J connectivity index is 1.48. The molecule has 0 bridgehead atoms. The fourth-order valence-corrected chi connectivity index (χ4v) is 2.73. The Morgan fingerprint density at radius 1 is 1.00 bits per heavy atom. The maximum Gasteiger partial charge on any atom is 0.131 e. The minimum atomic E-state index is 0.728. The summed E-state index contributed by atoms with van der Waals surface area (Å²) in [7, 11) is 0. The van der Waals surface area contributed by atoms with Crippen LogP contribution in [0.5, 0.6) is 0 Å². The predicted molar refractivity (Wildman–Crippen MR) is 93.3 cm³/mol. The van der Waals surface area contributed by atoms with Crippen LogP contribution in [-0.2, 0) is 6.54 Å². The molecular formula is C18H23N5. The van der Waals surface area contributed by atoms with Crippen molar-refractivity contribution >= 4 is 11.6 Å². The Morgan fingerprint density at radius 3 is 2.61 bits per heavy atom. The number of pyridine rings is 1. The highest BCUT2D eigenvalue weighted by Gasteiger charge is 2.04. The quantitative estimate of drug-likeness (QED) is 0.762. The lowest BCUT2D eigenvalue weighted by Crippen LogP contribution is -2.07. The van der Waals surface area contributed by atoms with Gasteiger partial charge in [-0.05, 0) is 49.8 Å². The van der Waals surface area contributed by atoms with E-state index in [9.17, 15) is 0 Å². The molecule has 0 saturated heterocycles. The first kappa shape index (κ1) is 15.5. The van der Waals surface area contributed by atoms with E-state index < -0.39 is 0 Å². The lowest BCUT2D eigenvalue weighted by molar-refractivity contribution is 0.679. The molecule has 0 radical (unpaired) electrons. The van der Waals surface area contributed by atoms with Crippen LogP contribution in [0.15, 0.2) is 48.6 Å². The molecule has 0 aliphatic heterocycles. The Bertz CT molecular complexity index is 639. The Kier molecular flexibility index (Phi) is 5.56. The van der Waals surface area contributed by atoms with Crippen molar-refractivity contribution in [3.05, 3.63) is 54.1 Å². The third-order valence-electron chi connectivity index (χ3n) is 4.03. The van der Waals surface area contributed by atoms with Crippen molar-refractivity contribution in [2.24, 2.45) is 0 Å². The van der Waals surface area contributed by atoms with E-state index in [2.05, 4.69) is 31.7 Å². The molecule has 0 atom stereocenters. The fraction of sp³-hybridized carbons (Fsp3) is 0.389. The molecule has 0 saturated carbocycles. The molecule has 2 heterocycles. The third-order valence-corrected chi connectivity index (χ3v) is 4.03. The minimum Gasteiger partial charge on any atom is -0.370 e. The van der Waals surface area contributed by atoms with Crippen molar-refractivity contribution < 1.29 is 0 Å². The number of hydrogen-bond acceptors (Lipinski definition) is 5. The van der Waals surface area contributed by atoms with E-state index >= 15 is 0 Å². The number of aromatic nitrogens is 3. The average Bonchev–Trinajstić information content (AvgIpc) is 2.62. The summed E-state index contributed by atoms with van der Waals surface area (Å²) in [6, 6.07) is 5.94. The molecule has 2 aromatic heterocycles. The molecule has 0 unspecified atom stereocenters. The van der Waals surface area contributed by atoms with E-state index in [1.54, 1.807) is 24.3 Å². The number of nitrogens with one attached hydrogen (secondary N) is 2. The summed E-state index contributed by atoms with van der Waals surface area (Å²) < 4.78 is 0. The van der Waals surface area contributed by atoms with Crippen molar-refractivity contribution in [3.63, 3.8) is 0 Å². The predicted octanol–water partition coefficient (Wildman–Crippen LogP) is 3.79. The number of rotatable bonds is 7. The third kappa shape index (κ3) is 5.06. The van der Waals surface area contributed by atoms with E-state index in [0.29, 0.717) is 0 Å². The van der Waals surface area contributed by atoms with Crippen molar-refractivity contribution in [1.29, 1.82) is 0 Å². The first-order valence-corrected chi connectivity index (χ1v) is 8.27. The Hall–Kier alpha value is -2.43. The van der Waals surface area contributed by atoms with Gasteiger partial charge in [0.2, 0.25) is 0 Å². The largest absolute Gasteiger partial charge is 0.370 e. The van der Waals surface area contributed by atoms with Gasteiger partial charge < -0.3 is 10.6 Å². The smallest absolute Gasteiger partial charge is 0.131 e. The zero-order chi connectivity index (χ0) is 15.7. The number of anilines is 2. The summed E-state index contributed by atoms with van der Waals surface area (Å²) in [4.78, 5) is 12.6. The second-order valence-electron chi connectivity index (χ2n) is 5.78. The van der Waals surface area contributed by atoms with E-state index in [4.69, 9.17) is 0 Å². The molecule has 0 aromatic carbocycles. The first-order chi connectivity index (χ1) is 11.4. The summed E-state index contributed by atoms with van der Waals surface area (Å²) >= 11 is 0. The van der Waals surface area contributed by atoms with Crippen molar-refractivity contribution in [2.75, 3.05) is 17.2 Å². The topological polar surface area (TPSA) is 62.7 Å². The van der Waals surface area contributed by atoms with Gasteiger partial charge in [0.25, 0.3) is 0 Å². The minimum absolute atomic E-state index is 0.728. The van der Waals surface area contributed by atoms with Crippen molar-refractivity contribution in [3.8, 4) is 0 Å². The zero-order valence-corrected chi connectivity index (χ0v) is 13.3. The Morgan fingerprint density at radius 2 is 1.83 bits per heavy atom. The zero-order valence-electron chi connectivity index (χ0n) is 13.3. The van der Waals surface area contributed by atoms with Gasteiger partial charge in [-0.1, -0.05) is 11.6 Å². The maximum atomic E-state index is 4.29. The molecule has 2 N–H and O–H groups in total. The first-order valence-electron chi connectivity index (χ1n) is 8.27. The molecule has 23 heavy (non-hydrogen) atoms. The molecule has 1 aliphatic rings. The van der Waals surface area contributed by atoms with E-state index in [-0.39, 0.29) is 0 Å². The Labute approximate surface area is 137 Å². The molecule has 0 fully saturated rings. The number of hydrogen-bond donors (Lipinski definition) is 2. The molecule has 5 heteroatoms. The highest BCUT2D eigenvalue weighted by atomic mass is 15.1. The van der Waals surface area contributed by atoms with Crippen LogP contribution < -0.4 is 10.6 Å². The molecule has 2 aromatic rings. The van der Waals surface area contributed by atoms with E-state index in [1.807, 2.05) is 18.2 Å². The lowest BCUT2D eigenvalue weighted by Gasteiger charge is -2.13. The highest BCUT2D eigenvalue weighted by Crippen LogP contribution is 2.20. The molecule has 1 aliphatic carbocycles. The normalized spacial score (nSPS) is 14.2. The molecule has 0 amide bonds. The van der Waals surface area contributed by atoms with Crippen LogP contribution in [0.4, 0.5) is 11.6 Å². The number of allylic oxidation sites excluding steroid dienone is 1. The van der Waals surface area contributed by atoms with Crippen LogP contribution in [0.3, 0.4) is 0 Å². The van der Waals surface area contributed by atoms with Crippen LogP contribution in [0, 0.1) is 0 Å². The molecule has 0 spiro atoms. The van der Waals surface area contributed by atoms with Gasteiger partial charge in [-0.15, -0.1) is 0 Å². The van der Waals surface area contributed by atoms with Gasteiger partial charge in [-0.2, -0.15) is 0 Å². The van der Waals surface area contributed by atoms with E-state index in [1.165, 1.54) is 31.2 Å². The fourth-order valence-electron chi connectivity index (χ4n) is 2.73. The molecular weight excluding hydrogens is 286 g/mol. The lowest BCUT2D eigenvalue weighted by atomic mass is 9.97. The van der Waals surface area contributed by atoms with Crippen molar-refractivity contribution in [2.45, 2.75) is 38.6 Å². The summed E-state index contributed by atoms with van der Waals surface area (Å²) in [5.41, 5.74) is 2.76. The molecule has 120 valence electrons. The van der Waals surface area contributed by atoms with Crippen LogP contribution in [0.25, 0.3) is 0 Å². The van der Waals surface area contributed by atoms with Gasteiger partial charge in [-0.3, -0.25) is 4.98 Å². The van der Waals surface area contributed by atoms with Gasteiger partial charge >= 0.3 is 0 Å². The van der Waals surface area contributed by atoms with Crippen molar-refractivity contribution in [1.82, 2.24) is 15.0 Å². The second kappa shape index (κ2) is 8.27. The van der Waals surface area contributed by atoms with Crippen LogP contribution in [0.2, 0.25) is 0 Å². The summed E-state index contributed by atoms with van der Waals surface area (Å²) in [5.74, 6) is 1.70. The van der Waals surface area contributed by atoms with Gasteiger partial charge in [0.15, 0.2) is 0 Å². The summed E-state index contributed by atoms with van der Waals surface area (Å²) in [6.07, 6.45) is 13.9. The average molecular weight is 309 g/mol. The SMILES string of the molecule is C1=C(CCNc2cc(NCc3ccncc3)ncn2)CCCC1. The van der Waals surface area contributed by atoms with Crippen LogP contribution in [0.1, 0.15) is 37.7 Å². The number of nitrogens with zero attached hydrogens (tertiary/aromatic N) is 3. The molecule has 5 nitrogen and oxygen atoms in total. The van der Waals surface area contributed by atoms with Gasteiger partial charge in [0.05, 0.1) is 0 Å². The van der Waals surface area contributed by atoms with E-state index in [0.717, 1.165) is 31.1 Å². The van der Waals surface area contributed by atoms with Gasteiger partial charge in [-0.25, -0.2) is 9.97 Å². The van der Waals surface area contributed by atoms with Gasteiger partial charge in [0.1, 0.15) is 18.0 Å². The summed E-state index contributed by atoms with van der Waals surface area (Å²) in [5, 5.41) is 6.70. The van der Waals surface area contributed by atoms with Crippen LogP contribution in [-0.4, -0.2) is 21.5 Å². The van der Waals surface area contributed by atoms with Gasteiger partial charge in [0, 0.05) is 31.5 Å². The molecule has 3 rings (SSSR count). The monoisotopic (exact) mass is 309 g/mol. The highest BCUT2D eigenvalue weighted by molar-refractivity contribution is 5.46.